The first-order valence-electron chi connectivity index (χ1n) is 13.1. The maximum atomic E-state index is 14.0. The monoisotopic (exact) mass is 541 g/mol. The molecule has 1 aliphatic carbocycles. The summed E-state index contributed by atoms with van der Waals surface area (Å²) in [6.07, 6.45) is -0.368. The summed E-state index contributed by atoms with van der Waals surface area (Å²) in [4.78, 5) is 3.98. The third-order valence-electron chi connectivity index (χ3n) is 7.96. The summed E-state index contributed by atoms with van der Waals surface area (Å²) in [5.41, 5.74) is 1.76. The van der Waals surface area contributed by atoms with Gasteiger partial charge >= 0.3 is 6.18 Å². The van der Waals surface area contributed by atoms with Crippen LogP contribution in [0.15, 0.2) is 36.7 Å². The maximum absolute atomic E-state index is 14.0. The average molecular weight is 542 g/mol. The highest BCUT2D eigenvalue weighted by Crippen LogP contribution is 2.44. The Morgan fingerprint density at radius 3 is 2.67 bits per heavy atom. The van der Waals surface area contributed by atoms with Gasteiger partial charge in [0.2, 0.25) is 0 Å². The van der Waals surface area contributed by atoms with E-state index >= 15 is 0 Å². The predicted molar refractivity (Wildman–Crippen MR) is 137 cm³/mol. The van der Waals surface area contributed by atoms with Crippen molar-refractivity contribution in [2.45, 2.75) is 56.5 Å². The number of halogens is 3. The summed E-state index contributed by atoms with van der Waals surface area (Å²) < 4.78 is 49.1. The lowest BCUT2D eigenvalue weighted by molar-refractivity contribution is -0.141. The van der Waals surface area contributed by atoms with Crippen molar-refractivity contribution < 1.29 is 23.0 Å². The molecular weight excluding hydrogens is 511 g/mol. The van der Waals surface area contributed by atoms with E-state index in [1.807, 2.05) is 35.9 Å². The summed E-state index contributed by atoms with van der Waals surface area (Å²) in [6.45, 7) is 2.16. The molecule has 12 heteroatoms. The van der Waals surface area contributed by atoms with Crippen LogP contribution in [0.2, 0.25) is 0 Å². The highest BCUT2D eigenvalue weighted by molar-refractivity contribution is 5.94. The van der Waals surface area contributed by atoms with Crippen molar-refractivity contribution in [1.82, 2.24) is 35.3 Å². The number of ether oxygens (including phenoxy) is 1. The number of nitrogens with one attached hydrogen (secondary N) is 2. The van der Waals surface area contributed by atoms with Crippen LogP contribution in [0.3, 0.4) is 0 Å². The molecule has 0 amide bonds. The molecule has 1 unspecified atom stereocenters. The first kappa shape index (κ1) is 25.9. The van der Waals surface area contributed by atoms with E-state index in [1.54, 1.807) is 13.3 Å². The van der Waals surface area contributed by atoms with Gasteiger partial charge in [-0.3, -0.25) is 5.10 Å². The molecule has 1 saturated carbocycles. The fourth-order valence-corrected chi connectivity index (χ4v) is 5.68. The molecule has 1 aromatic carbocycles. The van der Waals surface area contributed by atoms with Gasteiger partial charge in [-0.2, -0.15) is 18.3 Å². The Balaban J connectivity index is 1.43. The van der Waals surface area contributed by atoms with Crippen molar-refractivity contribution in [3.05, 3.63) is 59.4 Å². The number of aliphatic hydroxyl groups is 1. The van der Waals surface area contributed by atoms with Crippen molar-refractivity contribution >= 4 is 10.9 Å². The first-order chi connectivity index (χ1) is 18.7. The molecule has 6 rings (SSSR count). The smallest absolute Gasteiger partial charge is 0.389 e. The molecule has 39 heavy (non-hydrogen) atoms. The minimum atomic E-state index is -4.64. The Hall–Kier alpha value is -3.35. The second-order valence-electron chi connectivity index (χ2n) is 10.6. The van der Waals surface area contributed by atoms with Crippen molar-refractivity contribution in [2.75, 3.05) is 13.2 Å². The number of nitrogens with zero attached hydrogens (tertiary/aromatic N) is 5. The van der Waals surface area contributed by atoms with Crippen LogP contribution in [0, 0.1) is 5.92 Å². The molecule has 2 aliphatic rings. The van der Waals surface area contributed by atoms with Crippen LogP contribution in [0.4, 0.5) is 13.2 Å². The summed E-state index contributed by atoms with van der Waals surface area (Å²) in [6, 6.07) is 7.83. The fourth-order valence-electron chi connectivity index (χ4n) is 5.68. The van der Waals surface area contributed by atoms with Gasteiger partial charge in [0, 0.05) is 30.0 Å². The fraction of sp³-hybridized carbons (Fsp3) is 0.481. The molecule has 1 aliphatic heterocycles. The van der Waals surface area contributed by atoms with E-state index < -0.39 is 30.1 Å². The summed E-state index contributed by atoms with van der Waals surface area (Å²) in [7, 11) is 1.92. The number of aromatic nitrogens is 6. The van der Waals surface area contributed by atoms with Crippen LogP contribution in [0.1, 0.15) is 60.9 Å². The van der Waals surface area contributed by atoms with E-state index in [9.17, 15) is 18.3 Å². The standard InChI is InChI=1S/C27H30F3N7O2/c1-14(32-19-11-39-12-20(19)38)23-25-18(10-21(33-23)27(28,29)30)24(34-35-25)17-8-4-7-16(9-17)22(15-5-3-6-15)26-36-31-13-37(26)2/h4,7-10,13-15,19-20,22,32,38H,3,5-6,11-12H2,1-2H3,(H,34,35)/t14-,19?,20-,22+/m0/s1. The number of pyridine rings is 1. The molecule has 3 aromatic heterocycles. The second-order valence-corrected chi connectivity index (χ2v) is 10.6. The second kappa shape index (κ2) is 10.00. The van der Waals surface area contributed by atoms with E-state index in [2.05, 4.69) is 30.7 Å². The molecule has 2 fully saturated rings. The first-order valence-corrected chi connectivity index (χ1v) is 13.1. The number of hydrogen-bond acceptors (Lipinski definition) is 7. The lowest BCUT2D eigenvalue weighted by Crippen LogP contribution is -2.40. The molecule has 4 aromatic rings. The minimum Gasteiger partial charge on any atom is -0.389 e. The number of benzene rings is 1. The maximum Gasteiger partial charge on any atom is 0.433 e. The van der Waals surface area contributed by atoms with Gasteiger partial charge in [-0.15, -0.1) is 10.2 Å². The Labute approximate surface area is 222 Å². The molecule has 0 spiro atoms. The van der Waals surface area contributed by atoms with Crippen molar-refractivity contribution in [2.24, 2.45) is 13.0 Å². The van der Waals surface area contributed by atoms with Crippen LogP contribution in [0.25, 0.3) is 22.2 Å². The normalized spacial score (nSPS) is 21.8. The third kappa shape index (κ3) is 4.81. The topological polar surface area (TPSA) is 114 Å². The number of rotatable bonds is 7. The molecule has 1 saturated heterocycles. The Bertz CT molecular complexity index is 1480. The summed E-state index contributed by atoms with van der Waals surface area (Å²) in [5.74, 6) is 1.32. The van der Waals surface area contributed by atoms with Gasteiger partial charge in [-0.25, -0.2) is 4.98 Å². The Morgan fingerprint density at radius 2 is 2.03 bits per heavy atom. The van der Waals surface area contributed by atoms with Crippen LogP contribution < -0.4 is 5.32 Å². The van der Waals surface area contributed by atoms with Crippen LogP contribution in [-0.4, -0.2) is 60.4 Å². The quantitative estimate of drug-likeness (QED) is 0.323. The Morgan fingerprint density at radius 1 is 1.21 bits per heavy atom. The van der Waals surface area contributed by atoms with Gasteiger partial charge in [0.05, 0.1) is 36.6 Å². The molecular formula is C27H30F3N7O2. The number of alkyl halides is 3. The average Bonchev–Trinajstić information content (AvgIpc) is 3.60. The number of aliphatic hydroxyl groups excluding tert-OH is 1. The molecule has 0 radical (unpaired) electrons. The lowest BCUT2D eigenvalue weighted by atomic mass is 9.72. The minimum absolute atomic E-state index is 0.0312. The zero-order valence-electron chi connectivity index (χ0n) is 21.6. The van der Waals surface area contributed by atoms with E-state index in [1.165, 1.54) is 0 Å². The highest BCUT2D eigenvalue weighted by Gasteiger charge is 2.36. The number of hydrogen-bond donors (Lipinski definition) is 3. The van der Waals surface area contributed by atoms with E-state index in [0.29, 0.717) is 28.1 Å². The lowest BCUT2D eigenvalue weighted by Gasteiger charge is -2.33. The van der Waals surface area contributed by atoms with E-state index in [-0.39, 0.29) is 24.8 Å². The van der Waals surface area contributed by atoms with E-state index in [0.717, 1.165) is 36.7 Å². The molecule has 3 N–H and O–H groups in total. The van der Waals surface area contributed by atoms with Gasteiger partial charge in [-0.05, 0) is 43.4 Å². The number of H-pyrrole nitrogens is 1. The van der Waals surface area contributed by atoms with Gasteiger partial charge in [-0.1, -0.05) is 24.6 Å². The Kier molecular flexibility index (Phi) is 6.64. The molecule has 9 nitrogen and oxygen atoms in total. The molecule has 4 heterocycles. The number of fused-ring (bicyclic) bond motifs is 1. The number of aryl methyl sites for hydroxylation is 1. The molecule has 0 bridgehead atoms. The molecule has 206 valence electrons. The van der Waals surface area contributed by atoms with Gasteiger partial charge in [0.15, 0.2) is 0 Å². The number of aromatic amines is 1. The van der Waals surface area contributed by atoms with Crippen LogP contribution >= 0.6 is 0 Å². The third-order valence-corrected chi connectivity index (χ3v) is 7.96. The SMILES string of the molecule is C[C@H](NC1COC[C@@H]1O)c1nc(C(F)(F)F)cc2c(-c3cccc([C@H](c4nncn4C)C4CCC4)c3)n[nH]c12. The van der Waals surface area contributed by atoms with Crippen LogP contribution in [-0.2, 0) is 18.0 Å². The summed E-state index contributed by atoms with van der Waals surface area (Å²) >= 11 is 0. The van der Waals surface area contributed by atoms with Crippen molar-refractivity contribution in [1.29, 1.82) is 0 Å². The van der Waals surface area contributed by atoms with Gasteiger partial charge < -0.3 is 19.7 Å². The summed E-state index contributed by atoms with van der Waals surface area (Å²) in [5, 5.41) is 29.5. The van der Waals surface area contributed by atoms with Gasteiger partial charge in [0.25, 0.3) is 0 Å². The largest absolute Gasteiger partial charge is 0.433 e. The van der Waals surface area contributed by atoms with Gasteiger partial charge in [0.1, 0.15) is 23.5 Å². The highest BCUT2D eigenvalue weighted by atomic mass is 19.4. The zero-order chi connectivity index (χ0) is 27.3. The predicted octanol–water partition coefficient (Wildman–Crippen LogP) is 4.11. The van der Waals surface area contributed by atoms with E-state index in [4.69, 9.17) is 4.74 Å². The van der Waals surface area contributed by atoms with Crippen LogP contribution in [0.5, 0.6) is 0 Å². The zero-order valence-corrected chi connectivity index (χ0v) is 21.6. The van der Waals surface area contributed by atoms with Crippen molar-refractivity contribution in [3.63, 3.8) is 0 Å². The molecule has 4 atom stereocenters. The van der Waals surface area contributed by atoms with Crippen molar-refractivity contribution in [3.8, 4) is 11.3 Å².